The first-order valence-electron chi connectivity index (χ1n) is 6.22. The second kappa shape index (κ2) is 5.06. The summed E-state index contributed by atoms with van der Waals surface area (Å²) in [5.74, 6) is -0.329. The average molecular weight is 251 g/mol. The lowest BCUT2D eigenvalue weighted by Gasteiger charge is -2.43. The molecule has 3 nitrogen and oxygen atoms in total. The number of aliphatic hydroxyl groups is 1. The maximum absolute atomic E-state index is 13.3. The number of rotatable bonds is 4. The zero-order valence-corrected chi connectivity index (χ0v) is 10.5. The van der Waals surface area contributed by atoms with Crippen LogP contribution in [0.2, 0.25) is 0 Å². The van der Waals surface area contributed by atoms with E-state index in [9.17, 15) is 9.18 Å². The van der Waals surface area contributed by atoms with Crippen molar-refractivity contribution in [1.82, 2.24) is 4.90 Å². The number of nitrogens with zero attached hydrogens (tertiary/aromatic N) is 1. The highest BCUT2D eigenvalue weighted by molar-refractivity contribution is 5.89. The maximum atomic E-state index is 13.3. The van der Waals surface area contributed by atoms with Gasteiger partial charge in [-0.3, -0.25) is 4.79 Å². The zero-order valence-electron chi connectivity index (χ0n) is 10.5. The van der Waals surface area contributed by atoms with Gasteiger partial charge in [-0.15, -0.1) is 0 Å². The van der Waals surface area contributed by atoms with Crippen molar-refractivity contribution >= 4 is 5.91 Å². The minimum atomic E-state index is -0.577. The monoisotopic (exact) mass is 251 g/mol. The Kier molecular flexibility index (Phi) is 3.66. The fraction of sp³-hybridized carbons (Fsp3) is 0.500. The van der Waals surface area contributed by atoms with E-state index in [4.69, 9.17) is 5.11 Å². The summed E-state index contributed by atoms with van der Waals surface area (Å²) < 4.78 is 13.3. The van der Waals surface area contributed by atoms with E-state index in [0.717, 1.165) is 24.8 Å². The van der Waals surface area contributed by atoms with E-state index in [1.165, 1.54) is 17.0 Å². The van der Waals surface area contributed by atoms with Crippen molar-refractivity contribution in [3.8, 4) is 0 Å². The van der Waals surface area contributed by atoms with Crippen LogP contribution < -0.4 is 0 Å². The standard InChI is InChI=1S/C14H18FNO2/c1-16(8-9-17)13(18)14(6-3-7-14)11-4-2-5-12(15)10-11/h2,4-5,10,17H,3,6-9H2,1H3. The van der Waals surface area contributed by atoms with Gasteiger partial charge in [-0.05, 0) is 30.5 Å². The molecule has 1 N–H and O–H groups in total. The fourth-order valence-electron chi connectivity index (χ4n) is 2.56. The molecule has 1 aromatic rings. The van der Waals surface area contributed by atoms with Gasteiger partial charge in [-0.1, -0.05) is 18.6 Å². The topological polar surface area (TPSA) is 40.5 Å². The number of likely N-dealkylation sites (N-methyl/N-ethyl adjacent to an activating group) is 1. The van der Waals surface area contributed by atoms with E-state index in [1.54, 1.807) is 13.1 Å². The SMILES string of the molecule is CN(CCO)C(=O)C1(c2cccc(F)c2)CCC1. The number of benzene rings is 1. The van der Waals surface area contributed by atoms with E-state index in [0.29, 0.717) is 6.54 Å². The molecule has 0 aliphatic heterocycles. The molecule has 1 saturated carbocycles. The van der Waals surface area contributed by atoms with Gasteiger partial charge in [0.2, 0.25) is 5.91 Å². The van der Waals surface area contributed by atoms with Gasteiger partial charge in [0, 0.05) is 13.6 Å². The van der Waals surface area contributed by atoms with Gasteiger partial charge in [-0.25, -0.2) is 4.39 Å². The summed E-state index contributed by atoms with van der Waals surface area (Å²) in [6.07, 6.45) is 2.49. The number of carbonyl (C=O) groups is 1. The highest BCUT2D eigenvalue weighted by Crippen LogP contribution is 2.45. The molecule has 0 bridgehead atoms. The van der Waals surface area contributed by atoms with Crippen molar-refractivity contribution in [1.29, 1.82) is 0 Å². The molecule has 2 rings (SSSR count). The molecule has 0 aromatic heterocycles. The lowest BCUT2D eigenvalue weighted by molar-refractivity contribution is -0.140. The van der Waals surface area contributed by atoms with Crippen LogP contribution in [0.15, 0.2) is 24.3 Å². The molecule has 1 aliphatic carbocycles. The third kappa shape index (κ3) is 2.12. The molecule has 0 saturated heterocycles. The van der Waals surface area contributed by atoms with Crippen LogP contribution in [0.25, 0.3) is 0 Å². The van der Waals surface area contributed by atoms with Gasteiger partial charge < -0.3 is 10.0 Å². The Bertz CT molecular complexity index is 443. The first-order valence-corrected chi connectivity index (χ1v) is 6.22. The molecule has 1 aromatic carbocycles. The number of halogens is 1. The van der Waals surface area contributed by atoms with Gasteiger partial charge in [0.15, 0.2) is 0 Å². The smallest absolute Gasteiger partial charge is 0.233 e. The molecule has 0 unspecified atom stereocenters. The molecule has 0 heterocycles. The summed E-state index contributed by atoms with van der Waals surface area (Å²) in [6, 6.07) is 6.29. The van der Waals surface area contributed by atoms with Crippen LogP contribution >= 0.6 is 0 Å². The van der Waals surface area contributed by atoms with Crippen LogP contribution in [-0.2, 0) is 10.2 Å². The van der Waals surface area contributed by atoms with Crippen LogP contribution in [0.4, 0.5) is 4.39 Å². The van der Waals surface area contributed by atoms with Crippen molar-refractivity contribution in [2.75, 3.05) is 20.2 Å². The van der Waals surface area contributed by atoms with E-state index < -0.39 is 5.41 Å². The van der Waals surface area contributed by atoms with Crippen molar-refractivity contribution in [2.24, 2.45) is 0 Å². The molecule has 18 heavy (non-hydrogen) atoms. The summed E-state index contributed by atoms with van der Waals surface area (Å²) in [4.78, 5) is 14.0. The Morgan fingerprint density at radius 3 is 2.72 bits per heavy atom. The molecular formula is C14H18FNO2. The minimum absolute atomic E-state index is 0.0200. The lowest BCUT2D eigenvalue weighted by Crippen LogP contribution is -2.50. The summed E-state index contributed by atoms with van der Waals surface area (Å²) in [7, 11) is 1.68. The van der Waals surface area contributed by atoms with Gasteiger partial charge >= 0.3 is 0 Å². The first kappa shape index (κ1) is 13.0. The Hall–Kier alpha value is -1.42. The third-order valence-electron chi connectivity index (χ3n) is 3.78. The predicted octanol–water partition coefficient (Wildman–Crippen LogP) is 1.70. The van der Waals surface area contributed by atoms with Crippen LogP contribution in [0.3, 0.4) is 0 Å². The van der Waals surface area contributed by atoms with Gasteiger partial charge in [0.25, 0.3) is 0 Å². The molecule has 98 valence electrons. The Morgan fingerprint density at radius 2 is 2.22 bits per heavy atom. The van der Waals surface area contributed by atoms with E-state index in [-0.39, 0.29) is 18.3 Å². The van der Waals surface area contributed by atoms with Gasteiger partial charge in [0.1, 0.15) is 5.82 Å². The number of aliphatic hydroxyl groups excluding tert-OH is 1. The molecule has 0 atom stereocenters. The number of amides is 1. The van der Waals surface area contributed by atoms with Crippen molar-refractivity contribution in [2.45, 2.75) is 24.7 Å². The van der Waals surface area contributed by atoms with E-state index >= 15 is 0 Å². The average Bonchev–Trinajstić information content (AvgIpc) is 2.28. The molecule has 4 heteroatoms. The first-order chi connectivity index (χ1) is 8.60. The Labute approximate surface area is 106 Å². The largest absolute Gasteiger partial charge is 0.395 e. The zero-order chi connectivity index (χ0) is 13.2. The fourth-order valence-corrected chi connectivity index (χ4v) is 2.56. The Morgan fingerprint density at radius 1 is 1.50 bits per heavy atom. The maximum Gasteiger partial charge on any atom is 0.233 e. The highest BCUT2D eigenvalue weighted by Gasteiger charge is 2.46. The second-order valence-electron chi connectivity index (χ2n) is 4.90. The molecule has 1 aliphatic rings. The minimum Gasteiger partial charge on any atom is -0.395 e. The number of hydrogen-bond donors (Lipinski definition) is 1. The van der Waals surface area contributed by atoms with Crippen LogP contribution in [0.5, 0.6) is 0 Å². The summed E-state index contributed by atoms with van der Waals surface area (Å²) >= 11 is 0. The predicted molar refractivity (Wildman–Crippen MR) is 66.7 cm³/mol. The van der Waals surface area contributed by atoms with Crippen molar-refractivity contribution < 1.29 is 14.3 Å². The van der Waals surface area contributed by atoms with Gasteiger partial charge in [0.05, 0.1) is 12.0 Å². The quantitative estimate of drug-likeness (QED) is 0.884. The summed E-state index contributed by atoms with van der Waals surface area (Å²) in [5.41, 5.74) is 0.176. The van der Waals surface area contributed by atoms with Gasteiger partial charge in [-0.2, -0.15) is 0 Å². The van der Waals surface area contributed by atoms with E-state index in [2.05, 4.69) is 0 Å². The molecule has 1 amide bonds. The summed E-state index contributed by atoms with van der Waals surface area (Å²) in [6.45, 7) is 0.261. The van der Waals surface area contributed by atoms with Crippen LogP contribution in [0.1, 0.15) is 24.8 Å². The molecule has 0 spiro atoms. The second-order valence-corrected chi connectivity index (χ2v) is 4.90. The third-order valence-corrected chi connectivity index (χ3v) is 3.78. The van der Waals surface area contributed by atoms with Crippen molar-refractivity contribution in [3.63, 3.8) is 0 Å². The van der Waals surface area contributed by atoms with Crippen LogP contribution in [-0.4, -0.2) is 36.1 Å². The van der Waals surface area contributed by atoms with Crippen molar-refractivity contribution in [3.05, 3.63) is 35.6 Å². The molecule has 1 fully saturated rings. The number of hydrogen-bond acceptors (Lipinski definition) is 2. The normalized spacial score (nSPS) is 17.1. The molecule has 0 radical (unpaired) electrons. The summed E-state index contributed by atoms with van der Waals surface area (Å²) in [5, 5.41) is 8.90. The highest BCUT2D eigenvalue weighted by atomic mass is 19.1. The lowest BCUT2D eigenvalue weighted by atomic mass is 9.63. The molecular weight excluding hydrogens is 233 g/mol. The van der Waals surface area contributed by atoms with E-state index in [1.807, 2.05) is 6.07 Å². The Balaban J connectivity index is 2.28. The number of carbonyl (C=O) groups excluding carboxylic acids is 1. The van der Waals surface area contributed by atoms with Crippen LogP contribution in [0, 0.1) is 5.82 Å².